The van der Waals surface area contributed by atoms with E-state index in [1.165, 1.54) is 0 Å². The Morgan fingerprint density at radius 2 is 2.03 bits per heavy atom. The van der Waals surface area contributed by atoms with Crippen molar-refractivity contribution in [2.75, 3.05) is 5.32 Å². The van der Waals surface area contributed by atoms with Crippen LogP contribution in [0.15, 0.2) is 36.4 Å². The second-order valence-corrected chi connectivity index (χ2v) is 9.35. The SMILES string of the molecule is CC1Oc2ccc(C(Cc3cccc(Cl)c3Cl)NC(=O)OC(C)(C)C)cc2NC1=S. The number of rotatable bonds is 4. The van der Waals surface area contributed by atoms with Gasteiger partial charge in [-0.25, -0.2) is 4.79 Å². The van der Waals surface area contributed by atoms with Crippen LogP contribution < -0.4 is 15.4 Å². The van der Waals surface area contributed by atoms with Crippen LogP contribution in [0.5, 0.6) is 5.75 Å². The maximum atomic E-state index is 12.5. The number of thiocarbonyl (C=S) groups is 1. The maximum absolute atomic E-state index is 12.5. The molecule has 2 aromatic rings. The predicted molar refractivity (Wildman–Crippen MR) is 125 cm³/mol. The van der Waals surface area contributed by atoms with Gasteiger partial charge in [0.25, 0.3) is 0 Å². The van der Waals surface area contributed by atoms with Gasteiger partial charge in [0.05, 0.1) is 21.8 Å². The second kappa shape index (κ2) is 9.00. The molecule has 5 nitrogen and oxygen atoms in total. The van der Waals surface area contributed by atoms with Gasteiger partial charge in [-0.15, -0.1) is 0 Å². The fourth-order valence-electron chi connectivity index (χ4n) is 3.07. The summed E-state index contributed by atoms with van der Waals surface area (Å²) in [4.78, 5) is 13.1. The molecule has 0 fully saturated rings. The van der Waals surface area contributed by atoms with Gasteiger partial charge in [-0.05, 0) is 63.4 Å². The standard InChI is InChI=1S/C22H24Cl2N2O3S/c1-12-20(30)25-17-10-13(8-9-18(17)28-12)16(26-21(27)29-22(2,3)4)11-14-6-5-7-15(23)19(14)24/h5-10,12,16H,11H2,1-4H3,(H,25,30)(H,26,27). The van der Waals surface area contributed by atoms with Gasteiger partial charge in [0.15, 0.2) is 0 Å². The van der Waals surface area contributed by atoms with Gasteiger partial charge >= 0.3 is 6.09 Å². The first-order chi connectivity index (χ1) is 14.0. The average molecular weight is 467 g/mol. The van der Waals surface area contributed by atoms with Crippen LogP contribution in [-0.4, -0.2) is 22.8 Å². The van der Waals surface area contributed by atoms with Crippen molar-refractivity contribution < 1.29 is 14.3 Å². The highest BCUT2D eigenvalue weighted by Crippen LogP contribution is 2.35. The molecule has 0 spiro atoms. The number of halogens is 2. The van der Waals surface area contributed by atoms with Crippen molar-refractivity contribution in [2.45, 2.75) is 51.9 Å². The van der Waals surface area contributed by atoms with E-state index in [1.54, 1.807) is 6.07 Å². The van der Waals surface area contributed by atoms with E-state index in [1.807, 2.05) is 58.0 Å². The molecule has 3 rings (SSSR count). The predicted octanol–water partition coefficient (Wildman–Crippen LogP) is 6.32. The van der Waals surface area contributed by atoms with E-state index in [2.05, 4.69) is 10.6 Å². The third kappa shape index (κ3) is 5.56. The number of fused-ring (bicyclic) bond motifs is 1. The van der Waals surface area contributed by atoms with Crippen LogP contribution in [0.1, 0.15) is 44.9 Å². The second-order valence-electron chi connectivity index (χ2n) is 8.12. The number of benzene rings is 2. The Balaban J connectivity index is 1.93. The van der Waals surface area contributed by atoms with E-state index in [-0.39, 0.29) is 6.10 Å². The zero-order chi connectivity index (χ0) is 22.1. The Kier molecular flexibility index (Phi) is 6.80. The smallest absolute Gasteiger partial charge is 0.408 e. The molecule has 160 valence electrons. The van der Waals surface area contributed by atoms with E-state index in [4.69, 9.17) is 44.9 Å². The Bertz CT molecular complexity index is 975. The fourth-order valence-corrected chi connectivity index (χ4v) is 3.63. The molecule has 2 aromatic carbocycles. The van der Waals surface area contributed by atoms with Crippen LogP contribution in [0.4, 0.5) is 10.5 Å². The summed E-state index contributed by atoms with van der Waals surface area (Å²) in [6.07, 6.45) is -0.282. The van der Waals surface area contributed by atoms with Crippen molar-refractivity contribution >= 4 is 52.2 Å². The molecule has 0 radical (unpaired) electrons. The lowest BCUT2D eigenvalue weighted by Gasteiger charge is -2.28. The van der Waals surface area contributed by atoms with Gasteiger partial charge in [-0.3, -0.25) is 0 Å². The number of amides is 1. The molecule has 0 saturated heterocycles. The van der Waals surface area contributed by atoms with E-state index < -0.39 is 17.7 Å². The van der Waals surface area contributed by atoms with Crippen molar-refractivity contribution in [3.05, 3.63) is 57.6 Å². The normalized spacial score (nSPS) is 16.7. The summed E-state index contributed by atoms with van der Waals surface area (Å²) in [5.74, 6) is 0.705. The zero-order valence-corrected chi connectivity index (χ0v) is 19.5. The van der Waals surface area contributed by atoms with Crippen LogP contribution in [0.2, 0.25) is 10.0 Å². The van der Waals surface area contributed by atoms with E-state index in [9.17, 15) is 4.79 Å². The number of ether oxygens (including phenoxy) is 2. The number of carbonyl (C=O) groups is 1. The summed E-state index contributed by atoms with van der Waals surface area (Å²) in [6, 6.07) is 10.7. The summed E-state index contributed by atoms with van der Waals surface area (Å²) in [5, 5.41) is 7.07. The Hall–Kier alpha value is -2.02. The molecule has 1 amide bonds. The van der Waals surface area contributed by atoms with Gasteiger partial charge in [-0.1, -0.05) is 53.6 Å². The minimum atomic E-state index is -0.615. The van der Waals surface area contributed by atoms with Crippen molar-refractivity contribution in [3.8, 4) is 5.75 Å². The molecule has 8 heteroatoms. The summed E-state index contributed by atoms with van der Waals surface area (Å²) in [5.41, 5.74) is 1.81. The summed E-state index contributed by atoms with van der Waals surface area (Å²) in [7, 11) is 0. The molecular formula is C22H24Cl2N2O3S. The highest BCUT2D eigenvalue weighted by atomic mass is 35.5. The lowest BCUT2D eigenvalue weighted by molar-refractivity contribution is 0.0503. The highest BCUT2D eigenvalue weighted by Gasteiger charge is 2.25. The zero-order valence-electron chi connectivity index (χ0n) is 17.2. The Morgan fingerprint density at radius 3 is 2.73 bits per heavy atom. The summed E-state index contributed by atoms with van der Waals surface area (Å²) < 4.78 is 11.3. The molecule has 1 heterocycles. The molecule has 2 atom stereocenters. The third-order valence-corrected chi connectivity index (χ3v) is 5.78. The molecule has 30 heavy (non-hydrogen) atoms. The van der Waals surface area contributed by atoms with Crippen LogP contribution in [0.25, 0.3) is 0 Å². The molecule has 1 aliphatic rings. The van der Waals surface area contributed by atoms with Gasteiger partial charge in [0, 0.05) is 0 Å². The van der Waals surface area contributed by atoms with Crippen molar-refractivity contribution in [1.82, 2.24) is 5.32 Å². The van der Waals surface area contributed by atoms with E-state index in [0.29, 0.717) is 27.2 Å². The maximum Gasteiger partial charge on any atom is 0.408 e. The van der Waals surface area contributed by atoms with Crippen molar-refractivity contribution in [1.29, 1.82) is 0 Å². The first-order valence-electron chi connectivity index (χ1n) is 9.57. The van der Waals surface area contributed by atoms with Crippen LogP contribution >= 0.6 is 35.4 Å². The molecule has 2 N–H and O–H groups in total. The van der Waals surface area contributed by atoms with Crippen molar-refractivity contribution in [3.63, 3.8) is 0 Å². The topological polar surface area (TPSA) is 59.6 Å². The molecule has 1 aliphatic heterocycles. The number of hydrogen-bond donors (Lipinski definition) is 2. The first-order valence-corrected chi connectivity index (χ1v) is 10.7. The third-order valence-electron chi connectivity index (χ3n) is 4.48. The molecular weight excluding hydrogens is 443 g/mol. The summed E-state index contributed by atoms with van der Waals surface area (Å²) in [6.45, 7) is 7.34. The lowest BCUT2D eigenvalue weighted by atomic mass is 9.97. The van der Waals surface area contributed by atoms with Gasteiger partial charge in [0.2, 0.25) is 0 Å². The monoisotopic (exact) mass is 466 g/mol. The van der Waals surface area contributed by atoms with E-state index >= 15 is 0 Å². The number of carbonyl (C=O) groups excluding carboxylic acids is 1. The van der Waals surface area contributed by atoms with E-state index in [0.717, 1.165) is 16.8 Å². The van der Waals surface area contributed by atoms with Gasteiger partial charge in [0.1, 0.15) is 22.4 Å². The van der Waals surface area contributed by atoms with Crippen molar-refractivity contribution in [2.24, 2.45) is 0 Å². The summed E-state index contributed by atoms with van der Waals surface area (Å²) >= 11 is 17.9. The Labute approximate surface area is 192 Å². The van der Waals surface area contributed by atoms with Gasteiger partial charge in [-0.2, -0.15) is 0 Å². The lowest BCUT2D eigenvalue weighted by Crippen LogP contribution is -2.36. The van der Waals surface area contributed by atoms with Crippen LogP contribution in [-0.2, 0) is 11.2 Å². The minimum Gasteiger partial charge on any atom is -0.481 e. The molecule has 0 bridgehead atoms. The minimum absolute atomic E-state index is 0.195. The number of anilines is 1. The molecule has 0 aromatic heterocycles. The molecule has 0 aliphatic carbocycles. The fraction of sp³-hybridized carbons (Fsp3) is 0.364. The van der Waals surface area contributed by atoms with Crippen LogP contribution in [0, 0.1) is 0 Å². The Morgan fingerprint density at radius 1 is 1.30 bits per heavy atom. The van der Waals surface area contributed by atoms with Crippen LogP contribution in [0.3, 0.4) is 0 Å². The largest absolute Gasteiger partial charge is 0.481 e. The number of nitrogens with one attached hydrogen (secondary N) is 2. The first kappa shape index (κ1) is 22.7. The highest BCUT2D eigenvalue weighted by molar-refractivity contribution is 7.80. The molecule has 2 unspecified atom stereocenters. The van der Waals surface area contributed by atoms with Gasteiger partial charge < -0.3 is 20.1 Å². The number of hydrogen-bond acceptors (Lipinski definition) is 4. The number of alkyl carbamates (subject to hydrolysis) is 1. The average Bonchev–Trinajstić information content (AvgIpc) is 2.64. The molecule has 0 saturated carbocycles. The quantitative estimate of drug-likeness (QED) is 0.515.